The van der Waals surface area contributed by atoms with Crippen molar-refractivity contribution in [2.45, 2.75) is 161 Å². The van der Waals surface area contributed by atoms with Crippen LogP contribution in [-0.2, 0) is 33.6 Å². The number of amides is 6. The zero-order valence-electron chi connectivity index (χ0n) is 31.8. The lowest BCUT2D eigenvalue weighted by molar-refractivity contribution is -0.148. The van der Waals surface area contributed by atoms with E-state index in [0.717, 1.165) is 51.4 Å². The van der Waals surface area contributed by atoms with E-state index in [1.807, 2.05) is 27.7 Å². The molecule has 3 unspecified atom stereocenters. The van der Waals surface area contributed by atoms with Gasteiger partial charge in [0, 0.05) is 18.2 Å². The molecule has 0 radical (unpaired) electrons. The van der Waals surface area contributed by atoms with Crippen LogP contribution >= 0.6 is 0 Å². The van der Waals surface area contributed by atoms with Crippen molar-refractivity contribution in [3.63, 3.8) is 0 Å². The first-order valence-electron chi connectivity index (χ1n) is 19.5. The average Bonchev–Trinajstić information content (AvgIpc) is 3.71. The molecule has 3 saturated carbocycles. The minimum Gasteiger partial charge on any atom is -0.360 e. The predicted molar refractivity (Wildman–Crippen MR) is 194 cm³/mol. The third kappa shape index (κ3) is 10.0. The first kappa shape index (κ1) is 39.9. The molecular formula is C38H57N7O8. The number of carbonyl (C=O) groups excluding carboxylic acids is 7. The van der Waals surface area contributed by atoms with Gasteiger partial charge >= 0.3 is 11.8 Å². The minimum atomic E-state index is -1.09. The van der Waals surface area contributed by atoms with E-state index >= 15 is 0 Å². The van der Waals surface area contributed by atoms with Gasteiger partial charge in [0.15, 0.2) is 5.82 Å². The van der Waals surface area contributed by atoms with Crippen LogP contribution in [0.2, 0.25) is 0 Å². The van der Waals surface area contributed by atoms with E-state index < -0.39 is 70.8 Å². The molecular weight excluding hydrogens is 682 g/mol. The molecule has 1 aliphatic heterocycles. The maximum absolute atomic E-state index is 14.8. The maximum atomic E-state index is 14.8. The summed E-state index contributed by atoms with van der Waals surface area (Å²) < 4.78 is 4.97. The number of ketones is 1. The number of nitrogens with zero attached hydrogens (tertiary/aromatic N) is 2. The van der Waals surface area contributed by atoms with Crippen molar-refractivity contribution in [3.05, 3.63) is 11.8 Å². The molecule has 5 rings (SSSR count). The Morgan fingerprint density at radius 1 is 0.868 bits per heavy atom. The number of anilines is 1. The number of likely N-dealkylation sites (tertiary alicyclic amines) is 1. The molecule has 2 heterocycles. The van der Waals surface area contributed by atoms with Gasteiger partial charge in [-0.15, -0.1) is 0 Å². The van der Waals surface area contributed by atoms with E-state index in [4.69, 9.17) is 4.52 Å². The van der Waals surface area contributed by atoms with Gasteiger partial charge in [-0.3, -0.25) is 38.9 Å². The number of carbonyl (C=O) groups is 7. The summed E-state index contributed by atoms with van der Waals surface area (Å²) in [6.07, 6.45) is 10.3. The van der Waals surface area contributed by atoms with Crippen LogP contribution in [0.15, 0.2) is 10.6 Å². The number of aryl methyl sites for hydroxylation is 1. The predicted octanol–water partition coefficient (Wildman–Crippen LogP) is 2.81. The molecule has 6 amide bonds. The molecule has 6 atom stereocenters. The lowest BCUT2D eigenvalue weighted by Crippen LogP contribution is -2.63. The molecule has 53 heavy (non-hydrogen) atoms. The topological polar surface area (TPSA) is 209 Å². The Balaban J connectivity index is 1.36. The maximum Gasteiger partial charge on any atom is 0.314 e. The molecule has 1 aromatic rings. The summed E-state index contributed by atoms with van der Waals surface area (Å²) in [5.74, 6) is -4.59. The lowest BCUT2D eigenvalue weighted by atomic mass is 9.81. The normalized spacial score (nSPS) is 23.5. The van der Waals surface area contributed by atoms with Crippen molar-refractivity contribution in [1.29, 1.82) is 0 Å². The van der Waals surface area contributed by atoms with E-state index in [0.29, 0.717) is 37.9 Å². The van der Waals surface area contributed by atoms with Crippen LogP contribution in [-0.4, -0.2) is 87.5 Å². The van der Waals surface area contributed by atoms with Gasteiger partial charge in [-0.2, -0.15) is 0 Å². The molecule has 1 aromatic heterocycles. The zero-order valence-corrected chi connectivity index (χ0v) is 31.8. The summed E-state index contributed by atoms with van der Waals surface area (Å²) in [6, 6.07) is -2.86. The van der Waals surface area contributed by atoms with Crippen LogP contribution in [0.5, 0.6) is 0 Å². The molecule has 4 fully saturated rings. The van der Waals surface area contributed by atoms with Gasteiger partial charge in [0.2, 0.25) is 23.5 Å². The average molecular weight is 740 g/mol. The van der Waals surface area contributed by atoms with E-state index in [1.54, 1.807) is 11.8 Å². The van der Waals surface area contributed by atoms with Gasteiger partial charge in [-0.25, -0.2) is 0 Å². The summed E-state index contributed by atoms with van der Waals surface area (Å²) in [7, 11) is 0. The van der Waals surface area contributed by atoms with Gasteiger partial charge in [0.05, 0.1) is 6.04 Å². The molecule has 3 aliphatic carbocycles. The van der Waals surface area contributed by atoms with Gasteiger partial charge in [0.25, 0.3) is 5.91 Å². The number of hydrogen-bond donors (Lipinski definition) is 5. The molecule has 15 nitrogen and oxygen atoms in total. The SMILES string of the molecule is CCC[C@H](NC(=O)C1CC2CCCCC2N1C(=O)[C@@H](NC(=O)[C@@H](NC(=O)C(=O)Nc1cc(C)on1)C1CCCCC1)C(C)(C)C)C(=O)C(=O)NC1CC1. The number of hydrogen-bond acceptors (Lipinski definition) is 9. The first-order valence-corrected chi connectivity index (χ1v) is 19.5. The van der Waals surface area contributed by atoms with Gasteiger partial charge in [-0.1, -0.05) is 71.4 Å². The molecule has 1 saturated heterocycles. The van der Waals surface area contributed by atoms with Crippen LogP contribution in [0, 0.1) is 24.2 Å². The van der Waals surface area contributed by atoms with Crippen molar-refractivity contribution in [1.82, 2.24) is 31.3 Å². The second kappa shape index (κ2) is 17.2. The molecule has 0 aromatic carbocycles. The minimum absolute atomic E-state index is 0.00745. The molecule has 4 aliphatic rings. The highest BCUT2D eigenvalue weighted by Gasteiger charge is 2.51. The Labute approximate surface area is 311 Å². The molecule has 15 heteroatoms. The van der Waals surface area contributed by atoms with E-state index in [1.165, 1.54) is 6.07 Å². The summed E-state index contributed by atoms with van der Waals surface area (Å²) in [6.45, 7) is 9.00. The second-order valence-electron chi connectivity index (χ2n) is 16.5. The number of Topliss-reactive ketones (excluding diaryl/α,β-unsaturated/α-hetero) is 1. The van der Waals surface area contributed by atoms with E-state index in [9.17, 15) is 33.6 Å². The van der Waals surface area contributed by atoms with Crippen LogP contribution in [0.1, 0.15) is 123 Å². The molecule has 5 N–H and O–H groups in total. The lowest BCUT2D eigenvalue weighted by Gasteiger charge is -2.40. The summed E-state index contributed by atoms with van der Waals surface area (Å²) in [5.41, 5.74) is -0.814. The third-order valence-electron chi connectivity index (χ3n) is 11.2. The molecule has 0 bridgehead atoms. The van der Waals surface area contributed by atoms with Crippen LogP contribution < -0.4 is 26.6 Å². The highest BCUT2D eigenvalue weighted by atomic mass is 16.5. The Morgan fingerprint density at radius 2 is 1.55 bits per heavy atom. The highest BCUT2D eigenvalue weighted by Crippen LogP contribution is 2.41. The van der Waals surface area contributed by atoms with Gasteiger partial charge in [0.1, 0.15) is 23.9 Å². The van der Waals surface area contributed by atoms with Gasteiger partial charge in [-0.05, 0) is 75.5 Å². The number of nitrogens with one attached hydrogen (secondary N) is 5. The molecule has 0 spiro atoms. The largest absolute Gasteiger partial charge is 0.360 e. The van der Waals surface area contributed by atoms with Crippen molar-refractivity contribution in [2.24, 2.45) is 17.3 Å². The van der Waals surface area contributed by atoms with Crippen molar-refractivity contribution in [2.75, 3.05) is 5.32 Å². The Hall–Kier alpha value is -4.30. The van der Waals surface area contributed by atoms with Crippen molar-refractivity contribution in [3.8, 4) is 0 Å². The van der Waals surface area contributed by atoms with E-state index in [-0.39, 0.29) is 36.2 Å². The number of rotatable bonds is 13. The summed E-state index contributed by atoms with van der Waals surface area (Å²) in [4.78, 5) is 96.7. The standard InChI is InChI=1S/C38H57N7O8/c1-6-12-25(30(46)34(49)39-24-17-18-24)40-32(47)27-20-23-15-10-11-16-26(23)45(27)37(52)31(38(3,4)5)43-33(48)29(22-13-8-7-9-14-22)42-36(51)35(50)41-28-19-21(2)53-44-28/h19,22-27,29,31H,6-18,20H2,1-5H3,(H,39,49)(H,40,47)(H,42,51)(H,43,48)(H,41,44,50)/t23?,25-,26?,27?,29-,31+/m0/s1. The smallest absolute Gasteiger partial charge is 0.314 e. The third-order valence-corrected chi connectivity index (χ3v) is 11.2. The van der Waals surface area contributed by atoms with Gasteiger partial charge < -0.3 is 30.7 Å². The fraction of sp³-hybridized carbons (Fsp3) is 0.737. The Kier molecular flexibility index (Phi) is 13.0. The fourth-order valence-electron chi connectivity index (χ4n) is 8.18. The Bertz CT molecular complexity index is 1540. The van der Waals surface area contributed by atoms with Crippen LogP contribution in [0.4, 0.5) is 5.82 Å². The van der Waals surface area contributed by atoms with Crippen molar-refractivity contribution >= 4 is 47.0 Å². The first-order chi connectivity index (χ1) is 25.2. The molecule has 292 valence electrons. The van der Waals surface area contributed by atoms with E-state index in [2.05, 4.69) is 31.7 Å². The zero-order chi connectivity index (χ0) is 38.4. The monoisotopic (exact) mass is 739 g/mol. The second-order valence-corrected chi connectivity index (χ2v) is 16.5. The van der Waals surface area contributed by atoms with Crippen LogP contribution in [0.25, 0.3) is 0 Å². The summed E-state index contributed by atoms with van der Waals surface area (Å²) in [5, 5.41) is 17.2. The Morgan fingerprint density at radius 3 is 2.17 bits per heavy atom. The fourth-order valence-corrected chi connectivity index (χ4v) is 8.18. The number of aromatic nitrogens is 1. The highest BCUT2D eigenvalue weighted by molar-refractivity contribution is 6.40. The van der Waals surface area contributed by atoms with Crippen molar-refractivity contribution < 1.29 is 38.1 Å². The van der Waals surface area contributed by atoms with Crippen LogP contribution in [0.3, 0.4) is 0 Å². The number of fused-ring (bicyclic) bond motifs is 1. The summed E-state index contributed by atoms with van der Waals surface area (Å²) >= 11 is 0. The quantitative estimate of drug-likeness (QED) is 0.188.